The van der Waals surface area contributed by atoms with Crippen molar-refractivity contribution >= 4 is 17.9 Å². The number of amides is 3. The lowest BCUT2D eigenvalue weighted by atomic mass is 9.93. The van der Waals surface area contributed by atoms with Crippen LogP contribution in [0, 0.1) is 17.8 Å². The SMILES string of the molecule is C=C.C=CC(=O)NC(=O)N(C)[C@@H]1O[C@H](COCOc2ccccc2)[C@@H](C)[C@H]1C.CCC(CC)COC(=O)[C@H](C)NC. The van der Waals surface area contributed by atoms with Crippen molar-refractivity contribution < 1.29 is 33.3 Å². The Labute approximate surface area is 246 Å². The first-order chi connectivity index (χ1) is 19.6. The van der Waals surface area contributed by atoms with Gasteiger partial charge in [0, 0.05) is 13.0 Å². The molecule has 0 aliphatic carbocycles. The van der Waals surface area contributed by atoms with Crippen molar-refractivity contribution in [2.24, 2.45) is 17.8 Å². The lowest BCUT2D eigenvalue weighted by molar-refractivity contribution is -0.147. The molecule has 5 atom stereocenters. The van der Waals surface area contributed by atoms with Crippen LogP contribution in [-0.4, -0.2) is 75.3 Å². The number of hydrogen-bond donors (Lipinski definition) is 2. The van der Waals surface area contributed by atoms with Gasteiger partial charge in [-0.25, -0.2) is 4.79 Å². The monoisotopic (exact) mass is 577 g/mol. The molecule has 10 heteroatoms. The molecule has 0 spiro atoms. The van der Waals surface area contributed by atoms with Crippen LogP contribution in [0.5, 0.6) is 5.75 Å². The van der Waals surface area contributed by atoms with Gasteiger partial charge < -0.3 is 29.2 Å². The van der Waals surface area contributed by atoms with Crippen molar-refractivity contribution in [3.63, 3.8) is 0 Å². The van der Waals surface area contributed by atoms with Crippen LogP contribution in [0.2, 0.25) is 0 Å². The maximum absolute atomic E-state index is 12.1. The Morgan fingerprint density at radius 1 is 1.10 bits per heavy atom. The molecule has 10 nitrogen and oxygen atoms in total. The Morgan fingerprint density at radius 2 is 1.71 bits per heavy atom. The second-order valence-corrected chi connectivity index (χ2v) is 9.66. The van der Waals surface area contributed by atoms with E-state index < -0.39 is 18.2 Å². The molecule has 232 valence electrons. The highest BCUT2D eigenvalue weighted by atomic mass is 16.7. The number of imide groups is 1. The fourth-order valence-corrected chi connectivity index (χ4v) is 3.78. The summed E-state index contributed by atoms with van der Waals surface area (Å²) in [6.45, 7) is 20.5. The summed E-state index contributed by atoms with van der Waals surface area (Å²) in [5.41, 5.74) is 0. The average molecular weight is 578 g/mol. The Kier molecular flexibility index (Phi) is 19.8. The number of urea groups is 1. The number of rotatable bonds is 13. The van der Waals surface area contributed by atoms with Gasteiger partial charge in [-0.2, -0.15) is 0 Å². The van der Waals surface area contributed by atoms with E-state index in [-0.39, 0.29) is 36.7 Å². The number of nitrogens with one attached hydrogen (secondary N) is 2. The molecular formula is C31H51N3O7. The van der Waals surface area contributed by atoms with Crippen molar-refractivity contribution in [2.45, 2.75) is 65.8 Å². The van der Waals surface area contributed by atoms with Crippen molar-refractivity contribution in [3.05, 3.63) is 56.1 Å². The molecule has 0 unspecified atom stereocenters. The van der Waals surface area contributed by atoms with Gasteiger partial charge in [0.2, 0.25) is 0 Å². The summed E-state index contributed by atoms with van der Waals surface area (Å²) in [4.78, 5) is 36.0. The molecule has 0 saturated carbocycles. The number of carbonyl (C=O) groups is 3. The molecule has 1 aliphatic heterocycles. The van der Waals surface area contributed by atoms with E-state index in [9.17, 15) is 14.4 Å². The fourth-order valence-electron chi connectivity index (χ4n) is 3.78. The largest absolute Gasteiger partial charge is 0.468 e. The number of carbonyl (C=O) groups excluding carboxylic acids is 3. The lowest BCUT2D eigenvalue weighted by Crippen LogP contribution is -2.47. The van der Waals surface area contributed by atoms with E-state index >= 15 is 0 Å². The molecule has 2 rings (SSSR count). The number of nitrogens with zero attached hydrogens (tertiary/aromatic N) is 1. The van der Waals surface area contributed by atoms with Crippen LogP contribution in [0.4, 0.5) is 4.79 Å². The molecule has 1 fully saturated rings. The molecule has 0 aromatic heterocycles. The summed E-state index contributed by atoms with van der Waals surface area (Å²) in [7, 11) is 3.35. The van der Waals surface area contributed by atoms with Gasteiger partial charge in [-0.3, -0.25) is 14.9 Å². The van der Waals surface area contributed by atoms with Gasteiger partial charge in [-0.15, -0.1) is 13.2 Å². The molecule has 2 N–H and O–H groups in total. The molecule has 0 bridgehead atoms. The van der Waals surface area contributed by atoms with E-state index in [4.69, 9.17) is 18.9 Å². The number of likely N-dealkylation sites (N-methyl/N-ethyl adjacent to an activating group) is 1. The summed E-state index contributed by atoms with van der Waals surface area (Å²) < 4.78 is 22.2. The minimum absolute atomic E-state index is 0.0909. The predicted octanol–water partition coefficient (Wildman–Crippen LogP) is 4.77. The first kappa shape index (κ1) is 37.8. The first-order valence-electron chi connectivity index (χ1n) is 14.0. The van der Waals surface area contributed by atoms with Crippen LogP contribution in [0.15, 0.2) is 56.1 Å². The van der Waals surface area contributed by atoms with E-state index in [1.165, 1.54) is 4.90 Å². The van der Waals surface area contributed by atoms with Gasteiger partial charge in [0.05, 0.1) is 19.3 Å². The van der Waals surface area contributed by atoms with Crippen molar-refractivity contribution in [2.75, 3.05) is 34.1 Å². The quantitative estimate of drug-likeness (QED) is 0.113. The van der Waals surface area contributed by atoms with Gasteiger partial charge in [0.25, 0.3) is 5.91 Å². The molecular weight excluding hydrogens is 526 g/mol. The number of benzene rings is 1. The summed E-state index contributed by atoms with van der Waals surface area (Å²) in [5.74, 6) is 0.818. The van der Waals surface area contributed by atoms with Crippen LogP contribution in [-0.2, 0) is 23.8 Å². The zero-order valence-electron chi connectivity index (χ0n) is 25.9. The number of hydrogen-bond acceptors (Lipinski definition) is 8. The molecule has 1 aliphatic rings. The predicted molar refractivity (Wildman–Crippen MR) is 161 cm³/mol. The highest BCUT2D eigenvalue weighted by Gasteiger charge is 2.42. The second kappa shape index (κ2) is 21.5. The highest BCUT2D eigenvalue weighted by molar-refractivity contribution is 5.99. The maximum Gasteiger partial charge on any atom is 0.326 e. The Morgan fingerprint density at radius 3 is 2.24 bits per heavy atom. The normalized spacial score (nSPS) is 19.9. The zero-order valence-corrected chi connectivity index (χ0v) is 25.9. The highest BCUT2D eigenvalue weighted by Crippen LogP contribution is 2.33. The van der Waals surface area contributed by atoms with Gasteiger partial charge in [0.1, 0.15) is 18.0 Å². The third-order valence-corrected chi connectivity index (χ3v) is 7.03. The van der Waals surface area contributed by atoms with Gasteiger partial charge in [-0.1, -0.05) is 65.3 Å². The van der Waals surface area contributed by atoms with Crippen molar-refractivity contribution in [1.82, 2.24) is 15.5 Å². The van der Waals surface area contributed by atoms with Crippen molar-refractivity contribution in [3.8, 4) is 5.75 Å². The fraction of sp³-hybridized carbons (Fsp3) is 0.581. The first-order valence-corrected chi connectivity index (χ1v) is 14.0. The molecule has 3 amide bonds. The van der Waals surface area contributed by atoms with Crippen LogP contribution in [0.3, 0.4) is 0 Å². The van der Waals surface area contributed by atoms with Crippen LogP contribution >= 0.6 is 0 Å². The van der Waals surface area contributed by atoms with E-state index in [1.54, 1.807) is 21.0 Å². The molecule has 1 aromatic carbocycles. The smallest absolute Gasteiger partial charge is 0.326 e. The van der Waals surface area contributed by atoms with E-state index in [2.05, 4.69) is 51.1 Å². The van der Waals surface area contributed by atoms with Crippen LogP contribution < -0.4 is 15.4 Å². The molecule has 1 aromatic rings. The second-order valence-electron chi connectivity index (χ2n) is 9.66. The Balaban J connectivity index is 0.000000902. The third kappa shape index (κ3) is 13.8. The number of esters is 1. The van der Waals surface area contributed by atoms with Gasteiger partial charge >= 0.3 is 12.0 Å². The van der Waals surface area contributed by atoms with E-state index in [0.717, 1.165) is 24.7 Å². The minimum atomic E-state index is -0.543. The standard InChI is InChI=1S/C19H26N2O5.C10H21NO2.C2H4/c1-5-17(22)20-19(23)21(4)18-14(3)13(2)16(26-18)11-24-12-25-15-9-7-6-8-10-15;1-5-9(6-2)7-13-10(12)8(3)11-4;1-2/h5-10,13-14,16,18H,1,11-12H2,2-4H3,(H,20,22,23);8-9,11H,5-7H2,1-4H3;1-2H2/t13-,14+,16+,18+;8-;/m00./s1. The van der Waals surface area contributed by atoms with Crippen LogP contribution in [0.1, 0.15) is 47.5 Å². The Bertz CT molecular complexity index is 895. The van der Waals surface area contributed by atoms with Crippen molar-refractivity contribution in [1.29, 1.82) is 0 Å². The molecule has 1 heterocycles. The average Bonchev–Trinajstić information content (AvgIpc) is 3.29. The summed E-state index contributed by atoms with van der Waals surface area (Å²) >= 11 is 0. The van der Waals surface area contributed by atoms with Gasteiger partial charge in [0.15, 0.2) is 6.79 Å². The number of ether oxygens (including phenoxy) is 4. The lowest BCUT2D eigenvalue weighted by Gasteiger charge is -2.27. The Hall–Kier alpha value is -3.21. The minimum Gasteiger partial charge on any atom is -0.468 e. The number of para-hydroxylation sites is 1. The maximum atomic E-state index is 12.1. The van der Waals surface area contributed by atoms with Gasteiger partial charge in [-0.05, 0) is 44.0 Å². The summed E-state index contributed by atoms with van der Waals surface area (Å²) in [5, 5.41) is 5.08. The molecule has 0 radical (unpaired) electrons. The van der Waals surface area contributed by atoms with E-state index in [1.807, 2.05) is 37.3 Å². The topological polar surface area (TPSA) is 115 Å². The summed E-state index contributed by atoms with van der Waals surface area (Å²) in [6, 6.07) is 8.69. The zero-order chi connectivity index (χ0) is 31.4. The molecule has 41 heavy (non-hydrogen) atoms. The molecule has 1 saturated heterocycles. The summed E-state index contributed by atoms with van der Waals surface area (Å²) in [6.07, 6.45) is 2.58. The van der Waals surface area contributed by atoms with Crippen LogP contribution in [0.25, 0.3) is 0 Å². The van der Waals surface area contributed by atoms with E-state index in [0.29, 0.717) is 19.1 Å². The third-order valence-electron chi connectivity index (χ3n) is 7.03.